The Kier molecular flexibility index (Phi) is 4.19. The second kappa shape index (κ2) is 5.97. The second-order valence-corrected chi connectivity index (χ2v) is 6.65. The van der Waals surface area contributed by atoms with Crippen molar-refractivity contribution in [1.82, 2.24) is 10.4 Å². The first-order valence-electron chi connectivity index (χ1n) is 8.06. The minimum Gasteiger partial charge on any atom is -0.295 e. The van der Waals surface area contributed by atoms with Crippen LogP contribution in [-0.4, -0.2) is 28.6 Å². The van der Waals surface area contributed by atoms with Crippen LogP contribution < -0.4 is 5.48 Å². The number of likely N-dealkylation sites (tertiary alicyclic amines) is 1. The molecule has 1 aromatic rings. The number of hydroxylamine groups is 1. The lowest BCUT2D eigenvalue weighted by Crippen LogP contribution is -2.62. The lowest BCUT2D eigenvalue weighted by atomic mass is 9.69. The van der Waals surface area contributed by atoms with E-state index in [1.54, 1.807) is 12.1 Å². The van der Waals surface area contributed by atoms with Crippen molar-refractivity contribution in [2.75, 3.05) is 6.54 Å². The largest absolute Gasteiger partial charge is 0.295 e. The van der Waals surface area contributed by atoms with Crippen LogP contribution in [0.1, 0.15) is 54.9 Å². The van der Waals surface area contributed by atoms with Crippen LogP contribution in [0.2, 0.25) is 0 Å². The maximum atomic E-state index is 14.2. The van der Waals surface area contributed by atoms with E-state index in [4.69, 9.17) is 5.21 Å². The molecule has 2 aliphatic rings. The van der Waals surface area contributed by atoms with Crippen LogP contribution in [0.15, 0.2) is 18.2 Å². The van der Waals surface area contributed by atoms with Crippen molar-refractivity contribution < 1.29 is 14.4 Å². The Labute approximate surface area is 130 Å². The smallest absolute Gasteiger partial charge is 0.274 e. The van der Waals surface area contributed by atoms with Crippen LogP contribution in [0.5, 0.6) is 0 Å². The number of nitrogens with one attached hydrogen (secondary N) is 1. The van der Waals surface area contributed by atoms with E-state index in [0.717, 1.165) is 13.0 Å². The van der Waals surface area contributed by atoms with Crippen LogP contribution in [-0.2, 0) is 6.54 Å². The third kappa shape index (κ3) is 2.52. The van der Waals surface area contributed by atoms with E-state index in [9.17, 15) is 9.18 Å². The van der Waals surface area contributed by atoms with Crippen LogP contribution in [0.4, 0.5) is 4.39 Å². The molecule has 3 rings (SSSR count). The highest BCUT2D eigenvalue weighted by molar-refractivity contribution is 5.93. The summed E-state index contributed by atoms with van der Waals surface area (Å²) in [6, 6.07) is 4.93. The molecule has 1 saturated heterocycles. The molecule has 1 aliphatic heterocycles. The van der Waals surface area contributed by atoms with E-state index in [1.165, 1.54) is 37.2 Å². The normalized spacial score (nSPS) is 23.5. The van der Waals surface area contributed by atoms with E-state index in [1.807, 2.05) is 0 Å². The van der Waals surface area contributed by atoms with Crippen molar-refractivity contribution in [2.45, 2.75) is 51.6 Å². The van der Waals surface area contributed by atoms with E-state index < -0.39 is 5.91 Å². The average molecular weight is 306 g/mol. The van der Waals surface area contributed by atoms with Gasteiger partial charge in [0.2, 0.25) is 0 Å². The zero-order chi connectivity index (χ0) is 15.7. The molecule has 1 aliphatic carbocycles. The van der Waals surface area contributed by atoms with Crippen molar-refractivity contribution in [3.8, 4) is 0 Å². The minimum atomic E-state index is -0.689. The standard InChI is InChI=1S/C17H23FN2O2/c1-2-15-17(7-3-4-8-17)11-20(15)10-13-6-5-12(9-14(13)18)16(21)19-22/h5-6,9,15,22H,2-4,7-8,10-11H2,1H3,(H,19,21)/t15-/m0/s1. The first-order valence-corrected chi connectivity index (χ1v) is 8.06. The fourth-order valence-corrected chi connectivity index (χ4v) is 4.42. The third-order valence-corrected chi connectivity index (χ3v) is 5.44. The molecule has 2 fully saturated rings. The molecule has 1 heterocycles. The van der Waals surface area contributed by atoms with Crippen molar-refractivity contribution in [1.29, 1.82) is 0 Å². The first kappa shape index (κ1) is 15.4. The summed E-state index contributed by atoms with van der Waals surface area (Å²) in [5.74, 6) is -1.07. The van der Waals surface area contributed by atoms with Crippen molar-refractivity contribution in [2.24, 2.45) is 5.41 Å². The molecule has 0 unspecified atom stereocenters. The van der Waals surface area contributed by atoms with Crippen LogP contribution >= 0.6 is 0 Å². The van der Waals surface area contributed by atoms with Gasteiger partial charge in [0.05, 0.1) is 0 Å². The molecule has 0 radical (unpaired) electrons. The molecule has 5 heteroatoms. The van der Waals surface area contributed by atoms with Gasteiger partial charge in [0, 0.05) is 30.3 Å². The molecule has 1 atom stereocenters. The number of benzene rings is 1. The van der Waals surface area contributed by atoms with Crippen molar-refractivity contribution in [3.63, 3.8) is 0 Å². The third-order valence-electron chi connectivity index (χ3n) is 5.44. The van der Waals surface area contributed by atoms with Crippen LogP contribution in [0.25, 0.3) is 0 Å². The lowest BCUT2D eigenvalue weighted by Gasteiger charge is -2.56. The number of halogens is 1. The minimum absolute atomic E-state index is 0.131. The van der Waals surface area contributed by atoms with E-state index >= 15 is 0 Å². The predicted molar refractivity (Wildman–Crippen MR) is 81.0 cm³/mol. The van der Waals surface area contributed by atoms with Gasteiger partial charge in [-0.15, -0.1) is 0 Å². The molecule has 1 aromatic carbocycles. The number of hydrogen-bond donors (Lipinski definition) is 2. The van der Waals surface area contributed by atoms with E-state index in [0.29, 0.717) is 23.6 Å². The van der Waals surface area contributed by atoms with Crippen LogP contribution in [0.3, 0.4) is 0 Å². The summed E-state index contributed by atoms with van der Waals surface area (Å²) in [5, 5.41) is 8.60. The Morgan fingerprint density at radius 1 is 1.45 bits per heavy atom. The first-order chi connectivity index (χ1) is 10.6. The monoisotopic (exact) mass is 306 g/mol. The molecule has 22 heavy (non-hydrogen) atoms. The summed E-state index contributed by atoms with van der Waals surface area (Å²) >= 11 is 0. The number of carbonyl (C=O) groups excluding carboxylic acids is 1. The molecular formula is C17H23FN2O2. The molecule has 1 spiro atoms. The predicted octanol–water partition coefficient (Wildman–Crippen LogP) is 3.10. The molecule has 0 bridgehead atoms. The van der Waals surface area contributed by atoms with E-state index in [2.05, 4.69) is 11.8 Å². The fourth-order valence-electron chi connectivity index (χ4n) is 4.42. The SMILES string of the molecule is CC[C@@H]1N(Cc2ccc(C(=O)NO)cc2F)CC12CCCC2. The topological polar surface area (TPSA) is 52.6 Å². The average Bonchev–Trinajstić information content (AvgIpc) is 2.99. The molecular weight excluding hydrogens is 283 g/mol. The fraction of sp³-hybridized carbons (Fsp3) is 0.588. The van der Waals surface area contributed by atoms with Gasteiger partial charge in [-0.25, -0.2) is 9.87 Å². The molecule has 2 N–H and O–H groups in total. The summed E-state index contributed by atoms with van der Waals surface area (Å²) in [6.45, 7) is 3.86. The van der Waals surface area contributed by atoms with Crippen molar-refractivity contribution >= 4 is 5.91 Å². The van der Waals surface area contributed by atoms with Gasteiger partial charge in [-0.1, -0.05) is 25.8 Å². The summed E-state index contributed by atoms with van der Waals surface area (Å²) in [5.41, 5.74) is 2.74. The highest BCUT2D eigenvalue weighted by atomic mass is 19.1. The Hall–Kier alpha value is -1.46. The van der Waals surface area contributed by atoms with Gasteiger partial charge in [-0.3, -0.25) is 14.9 Å². The van der Waals surface area contributed by atoms with Crippen LogP contribution in [0, 0.1) is 11.2 Å². The molecule has 0 aromatic heterocycles. The zero-order valence-electron chi connectivity index (χ0n) is 12.9. The Balaban J connectivity index is 1.70. The molecule has 1 amide bonds. The number of amides is 1. The lowest BCUT2D eigenvalue weighted by molar-refractivity contribution is -0.0788. The van der Waals surface area contributed by atoms with E-state index in [-0.39, 0.29) is 11.4 Å². The number of carbonyl (C=O) groups is 1. The molecule has 120 valence electrons. The van der Waals surface area contributed by atoms with Gasteiger partial charge < -0.3 is 0 Å². The number of nitrogens with zero attached hydrogens (tertiary/aromatic N) is 1. The zero-order valence-corrected chi connectivity index (χ0v) is 12.9. The van der Waals surface area contributed by atoms with Crippen molar-refractivity contribution in [3.05, 3.63) is 35.1 Å². The Morgan fingerprint density at radius 2 is 2.18 bits per heavy atom. The molecule has 1 saturated carbocycles. The highest BCUT2D eigenvalue weighted by Gasteiger charge is 2.52. The second-order valence-electron chi connectivity index (χ2n) is 6.65. The summed E-state index contributed by atoms with van der Waals surface area (Å²) in [4.78, 5) is 13.7. The van der Waals surface area contributed by atoms with Gasteiger partial charge in [0.25, 0.3) is 5.91 Å². The van der Waals surface area contributed by atoms with Gasteiger partial charge in [-0.05, 0) is 36.8 Å². The summed E-state index contributed by atoms with van der Waals surface area (Å²) < 4.78 is 14.2. The Bertz CT molecular complexity index is 570. The molecule has 4 nitrogen and oxygen atoms in total. The maximum Gasteiger partial charge on any atom is 0.274 e. The van der Waals surface area contributed by atoms with Gasteiger partial charge >= 0.3 is 0 Å². The maximum absolute atomic E-state index is 14.2. The van der Waals surface area contributed by atoms with Gasteiger partial charge in [-0.2, -0.15) is 0 Å². The summed E-state index contributed by atoms with van der Waals surface area (Å²) in [7, 11) is 0. The van der Waals surface area contributed by atoms with Gasteiger partial charge in [0.1, 0.15) is 5.82 Å². The van der Waals surface area contributed by atoms with Gasteiger partial charge in [0.15, 0.2) is 0 Å². The highest BCUT2D eigenvalue weighted by Crippen LogP contribution is 2.52. The number of hydrogen-bond acceptors (Lipinski definition) is 3. The summed E-state index contributed by atoms with van der Waals surface area (Å²) in [6.07, 6.45) is 6.36. The quantitative estimate of drug-likeness (QED) is 0.664. The Morgan fingerprint density at radius 3 is 2.77 bits per heavy atom. The number of rotatable bonds is 4.